The maximum absolute atomic E-state index is 9.54. The number of hydrogen-bond donors (Lipinski definition) is 0. The number of nitriles is 1. The van der Waals surface area contributed by atoms with E-state index >= 15 is 0 Å². The molecule has 0 bridgehead atoms. The molecule has 4 nitrogen and oxygen atoms in total. The fraction of sp³-hybridized carbons (Fsp3) is 0.632. The van der Waals surface area contributed by atoms with E-state index in [1.165, 1.54) is 0 Å². The Bertz CT molecular complexity index is 651. The Morgan fingerprint density at radius 3 is 2.32 bits per heavy atom. The van der Waals surface area contributed by atoms with Crippen LogP contribution >= 0.6 is 0 Å². The Hall–Kier alpha value is -1.29. The van der Waals surface area contributed by atoms with Crippen LogP contribution < -0.4 is 10.2 Å². The highest BCUT2D eigenvalue weighted by Crippen LogP contribution is 2.37. The number of ether oxygens (including phenoxy) is 1. The Labute approximate surface area is 154 Å². The highest BCUT2D eigenvalue weighted by molar-refractivity contribution is 6.62. The molecule has 1 fully saturated rings. The Balaban J connectivity index is 2.12. The predicted molar refractivity (Wildman–Crippen MR) is 103 cm³/mol. The fourth-order valence-corrected chi connectivity index (χ4v) is 2.80. The third kappa shape index (κ3) is 4.47. The first-order valence-corrected chi connectivity index (χ1v) is 10.2. The molecule has 0 amide bonds. The summed E-state index contributed by atoms with van der Waals surface area (Å²) in [5.74, 6) is 0.715. The molecule has 0 unspecified atom stereocenters. The van der Waals surface area contributed by atoms with Crippen molar-refractivity contribution in [3.63, 3.8) is 0 Å². The SMILES string of the molecule is C[Si]C(C)(C)CCOc1ccc(B2OC(C)(C)C(C)(C)O2)c(C#N)c1. The molecule has 0 aliphatic carbocycles. The van der Waals surface area contributed by atoms with E-state index in [1.54, 1.807) is 6.07 Å². The maximum Gasteiger partial charge on any atom is 0.496 e. The first kappa shape index (κ1) is 20.0. The molecule has 2 radical (unpaired) electrons. The van der Waals surface area contributed by atoms with Crippen LogP contribution in [0.3, 0.4) is 0 Å². The number of hydrogen-bond acceptors (Lipinski definition) is 4. The van der Waals surface area contributed by atoms with Gasteiger partial charge in [0.05, 0.1) is 29.4 Å². The van der Waals surface area contributed by atoms with Gasteiger partial charge in [-0.2, -0.15) is 5.26 Å². The average Bonchev–Trinajstić information content (AvgIpc) is 2.75. The van der Waals surface area contributed by atoms with E-state index in [2.05, 4.69) is 26.5 Å². The highest BCUT2D eigenvalue weighted by Gasteiger charge is 2.52. The number of nitrogens with zero attached hydrogens (tertiary/aromatic N) is 1. The third-order valence-corrected chi connectivity index (χ3v) is 6.93. The topological polar surface area (TPSA) is 51.5 Å². The van der Waals surface area contributed by atoms with Crippen molar-refractivity contribution in [2.24, 2.45) is 0 Å². The minimum absolute atomic E-state index is 0.292. The van der Waals surface area contributed by atoms with Gasteiger partial charge in [0, 0.05) is 15.0 Å². The Kier molecular flexibility index (Phi) is 5.72. The molecule has 134 valence electrons. The van der Waals surface area contributed by atoms with Gasteiger partial charge in [-0.15, -0.1) is 0 Å². The average molecular weight is 357 g/mol. The number of benzene rings is 1. The first-order chi connectivity index (χ1) is 11.5. The maximum atomic E-state index is 9.54. The minimum Gasteiger partial charge on any atom is -0.494 e. The molecule has 0 aromatic heterocycles. The standard InChI is InChI=1S/C19H28BNO3Si/c1-17(2,25-7)10-11-22-15-8-9-16(14(12-15)13-21)20-23-18(3,4)19(5,6)24-20/h8-9,12H,10-11H2,1-7H3. The lowest BCUT2D eigenvalue weighted by Gasteiger charge is -2.32. The molecule has 0 spiro atoms. The van der Waals surface area contributed by atoms with E-state index in [0.29, 0.717) is 23.0 Å². The van der Waals surface area contributed by atoms with Gasteiger partial charge < -0.3 is 14.0 Å². The molecule has 1 aromatic carbocycles. The van der Waals surface area contributed by atoms with Crippen molar-refractivity contribution in [2.75, 3.05) is 6.61 Å². The van der Waals surface area contributed by atoms with Gasteiger partial charge in [-0.25, -0.2) is 0 Å². The second kappa shape index (κ2) is 7.14. The van der Waals surface area contributed by atoms with Crippen molar-refractivity contribution in [3.8, 4) is 11.8 Å². The van der Waals surface area contributed by atoms with E-state index in [4.69, 9.17) is 14.0 Å². The summed E-state index contributed by atoms with van der Waals surface area (Å²) >= 11 is 0. The van der Waals surface area contributed by atoms with Gasteiger partial charge in [0.2, 0.25) is 0 Å². The van der Waals surface area contributed by atoms with Crippen molar-refractivity contribution in [1.82, 2.24) is 0 Å². The molecule has 0 atom stereocenters. The molecule has 1 heterocycles. The van der Waals surface area contributed by atoms with Gasteiger partial charge in [0.1, 0.15) is 5.75 Å². The van der Waals surface area contributed by atoms with Crippen LogP contribution in [0.1, 0.15) is 53.5 Å². The summed E-state index contributed by atoms with van der Waals surface area (Å²) in [6.45, 7) is 15.4. The zero-order valence-corrected chi connectivity index (χ0v) is 17.4. The summed E-state index contributed by atoms with van der Waals surface area (Å²) in [4.78, 5) is 0. The van der Waals surface area contributed by atoms with Crippen molar-refractivity contribution >= 4 is 22.1 Å². The van der Waals surface area contributed by atoms with Crippen LogP contribution in [0, 0.1) is 11.3 Å². The molecule has 1 saturated heterocycles. The smallest absolute Gasteiger partial charge is 0.494 e. The van der Waals surface area contributed by atoms with Gasteiger partial charge in [0.25, 0.3) is 0 Å². The third-order valence-electron chi connectivity index (χ3n) is 5.32. The van der Waals surface area contributed by atoms with Gasteiger partial charge in [-0.1, -0.05) is 26.5 Å². The van der Waals surface area contributed by atoms with Gasteiger partial charge in [0.15, 0.2) is 0 Å². The van der Waals surface area contributed by atoms with Crippen LogP contribution in [0.25, 0.3) is 0 Å². The molecule has 0 saturated carbocycles. The summed E-state index contributed by atoms with van der Waals surface area (Å²) in [6, 6.07) is 7.80. The Morgan fingerprint density at radius 2 is 1.80 bits per heavy atom. The van der Waals surface area contributed by atoms with E-state index in [0.717, 1.165) is 21.4 Å². The van der Waals surface area contributed by atoms with E-state index in [9.17, 15) is 5.26 Å². The monoisotopic (exact) mass is 357 g/mol. The molecule has 1 aliphatic heterocycles. The van der Waals surface area contributed by atoms with E-state index in [1.807, 2.05) is 39.8 Å². The number of rotatable bonds is 6. The lowest BCUT2D eigenvalue weighted by atomic mass is 9.76. The molecule has 2 rings (SSSR count). The fourth-order valence-electron chi connectivity index (χ4n) is 2.45. The molecule has 6 heteroatoms. The zero-order chi connectivity index (χ0) is 18.9. The summed E-state index contributed by atoms with van der Waals surface area (Å²) in [5.41, 5.74) is 0.439. The molecular weight excluding hydrogens is 329 g/mol. The van der Waals surface area contributed by atoms with Crippen LogP contribution in [0.15, 0.2) is 18.2 Å². The summed E-state index contributed by atoms with van der Waals surface area (Å²) in [6.07, 6.45) is 0.989. The zero-order valence-electron chi connectivity index (χ0n) is 16.4. The molecule has 25 heavy (non-hydrogen) atoms. The predicted octanol–water partition coefficient (Wildman–Crippen LogP) is 3.58. The lowest BCUT2D eigenvalue weighted by molar-refractivity contribution is 0.00578. The molecule has 1 aromatic rings. The summed E-state index contributed by atoms with van der Waals surface area (Å²) < 4.78 is 18.0. The normalized spacial score (nSPS) is 18.9. The molecular formula is C19H28BNO3Si. The van der Waals surface area contributed by atoms with E-state index < -0.39 is 18.3 Å². The minimum atomic E-state index is -0.533. The second-order valence-corrected chi connectivity index (χ2v) is 10.0. The highest BCUT2D eigenvalue weighted by atomic mass is 28.2. The summed E-state index contributed by atoms with van der Waals surface area (Å²) in [5, 5.41) is 9.83. The van der Waals surface area contributed by atoms with Crippen LogP contribution in [0.2, 0.25) is 11.6 Å². The quantitative estimate of drug-likeness (QED) is 0.731. The van der Waals surface area contributed by atoms with Gasteiger partial charge >= 0.3 is 7.12 Å². The molecule has 1 aliphatic rings. The van der Waals surface area contributed by atoms with Crippen LogP contribution in [0.5, 0.6) is 5.75 Å². The van der Waals surface area contributed by atoms with Crippen LogP contribution in [-0.4, -0.2) is 34.4 Å². The Morgan fingerprint density at radius 1 is 1.20 bits per heavy atom. The largest absolute Gasteiger partial charge is 0.496 e. The lowest BCUT2D eigenvalue weighted by Crippen LogP contribution is -2.41. The molecule has 0 N–H and O–H groups in total. The first-order valence-electron chi connectivity index (χ1n) is 8.73. The van der Waals surface area contributed by atoms with Crippen LogP contribution in [-0.2, 0) is 9.31 Å². The van der Waals surface area contributed by atoms with Crippen molar-refractivity contribution < 1.29 is 14.0 Å². The van der Waals surface area contributed by atoms with Crippen LogP contribution in [0.4, 0.5) is 0 Å². The van der Waals surface area contributed by atoms with Crippen molar-refractivity contribution in [1.29, 1.82) is 5.26 Å². The second-order valence-electron chi connectivity index (χ2n) is 8.18. The van der Waals surface area contributed by atoms with Gasteiger partial charge in [-0.05, 0) is 51.3 Å². The van der Waals surface area contributed by atoms with Crippen molar-refractivity contribution in [2.45, 2.75) is 70.8 Å². The van der Waals surface area contributed by atoms with Gasteiger partial charge in [-0.3, -0.25) is 0 Å². The van der Waals surface area contributed by atoms with E-state index in [-0.39, 0.29) is 0 Å². The van der Waals surface area contributed by atoms with Crippen molar-refractivity contribution in [3.05, 3.63) is 23.8 Å². The summed E-state index contributed by atoms with van der Waals surface area (Å²) in [7, 11) is 0.341.